The fourth-order valence-electron chi connectivity index (χ4n) is 1.85. The molecular weight excluding hydrogens is 208 g/mol. The topological polar surface area (TPSA) is 89.7 Å². The van der Waals surface area contributed by atoms with E-state index >= 15 is 0 Å². The summed E-state index contributed by atoms with van der Waals surface area (Å²) in [5, 5.41) is 3.27. The number of nitrogens with one attached hydrogen (secondary N) is 3. The third-order valence-electron chi connectivity index (χ3n) is 2.67. The summed E-state index contributed by atoms with van der Waals surface area (Å²) in [6, 6.07) is 0. The number of aromatic nitrogens is 4. The fraction of sp³-hybridized carbons (Fsp3) is 0.444. The molecule has 0 spiro atoms. The maximum Gasteiger partial charge on any atom is 0.346 e. The molecule has 1 fully saturated rings. The first kappa shape index (κ1) is 9.34. The minimum absolute atomic E-state index is 0.370. The van der Waals surface area contributed by atoms with Crippen LogP contribution in [0.2, 0.25) is 0 Å². The van der Waals surface area contributed by atoms with Crippen molar-refractivity contribution in [2.24, 2.45) is 0 Å². The Morgan fingerprint density at radius 2 is 2.06 bits per heavy atom. The SMILES string of the molecule is O=c1ncc2[nH]c(N3CCNCC3)nc2[nH]1. The molecule has 3 N–H and O–H groups in total. The van der Waals surface area contributed by atoms with Crippen molar-refractivity contribution in [3.05, 3.63) is 16.7 Å². The Morgan fingerprint density at radius 1 is 1.25 bits per heavy atom. The predicted molar refractivity (Wildman–Crippen MR) is 59.6 cm³/mol. The standard InChI is InChI=1S/C9H12N6O/c16-9-11-5-6-7(14-9)13-8(12-6)15-3-1-10-2-4-15/h5,10H,1-4H2,(H2,11,12,13,14,16). The number of hydrogen-bond acceptors (Lipinski definition) is 5. The molecule has 0 aliphatic carbocycles. The van der Waals surface area contributed by atoms with E-state index in [1.54, 1.807) is 0 Å². The minimum Gasteiger partial charge on any atom is -0.340 e. The van der Waals surface area contributed by atoms with Gasteiger partial charge < -0.3 is 15.2 Å². The second-order valence-electron chi connectivity index (χ2n) is 3.75. The molecular formula is C9H12N6O. The Balaban J connectivity index is 2.00. The van der Waals surface area contributed by atoms with Crippen LogP contribution < -0.4 is 15.9 Å². The number of nitrogens with zero attached hydrogens (tertiary/aromatic N) is 3. The van der Waals surface area contributed by atoms with Crippen molar-refractivity contribution in [3.8, 4) is 0 Å². The number of aromatic amines is 2. The molecule has 1 saturated heterocycles. The normalized spacial score (nSPS) is 16.9. The van der Waals surface area contributed by atoms with Gasteiger partial charge in [0.2, 0.25) is 5.95 Å². The average molecular weight is 220 g/mol. The third kappa shape index (κ3) is 1.54. The van der Waals surface area contributed by atoms with Gasteiger partial charge in [0.05, 0.1) is 6.20 Å². The molecule has 0 amide bonds. The molecule has 1 aliphatic heterocycles. The molecule has 3 heterocycles. The van der Waals surface area contributed by atoms with E-state index in [4.69, 9.17) is 0 Å². The monoisotopic (exact) mass is 220 g/mol. The molecule has 0 saturated carbocycles. The minimum atomic E-state index is -0.370. The van der Waals surface area contributed by atoms with Gasteiger partial charge in [0.25, 0.3) is 0 Å². The molecule has 2 aromatic rings. The highest BCUT2D eigenvalue weighted by Crippen LogP contribution is 2.13. The first-order valence-corrected chi connectivity index (χ1v) is 5.23. The molecule has 1 aliphatic rings. The molecule has 84 valence electrons. The van der Waals surface area contributed by atoms with Crippen LogP contribution in [-0.4, -0.2) is 46.1 Å². The summed E-state index contributed by atoms with van der Waals surface area (Å²) in [5.74, 6) is 0.792. The zero-order valence-electron chi connectivity index (χ0n) is 8.66. The number of rotatable bonds is 1. The Morgan fingerprint density at radius 3 is 2.88 bits per heavy atom. The molecule has 7 nitrogen and oxygen atoms in total. The molecule has 16 heavy (non-hydrogen) atoms. The largest absolute Gasteiger partial charge is 0.346 e. The van der Waals surface area contributed by atoms with Crippen molar-refractivity contribution in [1.82, 2.24) is 25.3 Å². The first-order chi connectivity index (χ1) is 7.83. The van der Waals surface area contributed by atoms with Crippen molar-refractivity contribution in [3.63, 3.8) is 0 Å². The van der Waals surface area contributed by atoms with E-state index < -0.39 is 0 Å². The molecule has 7 heteroatoms. The van der Waals surface area contributed by atoms with E-state index in [1.807, 2.05) is 0 Å². The molecule has 0 aromatic carbocycles. The van der Waals surface area contributed by atoms with Gasteiger partial charge in [0, 0.05) is 26.2 Å². The number of piperazine rings is 1. The summed E-state index contributed by atoms with van der Waals surface area (Å²) in [6.45, 7) is 3.73. The quantitative estimate of drug-likeness (QED) is 0.577. The van der Waals surface area contributed by atoms with Crippen molar-refractivity contribution in [2.45, 2.75) is 0 Å². The predicted octanol–water partition coefficient (Wildman–Crippen LogP) is -0.944. The maximum atomic E-state index is 11.0. The molecule has 0 unspecified atom stereocenters. The molecule has 2 aromatic heterocycles. The second-order valence-corrected chi connectivity index (χ2v) is 3.75. The third-order valence-corrected chi connectivity index (χ3v) is 2.67. The number of fused-ring (bicyclic) bond motifs is 1. The van der Waals surface area contributed by atoms with Crippen LogP contribution in [0.5, 0.6) is 0 Å². The Kier molecular flexibility index (Phi) is 2.10. The highest BCUT2D eigenvalue weighted by Gasteiger charge is 2.14. The Labute approximate surface area is 90.9 Å². The van der Waals surface area contributed by atoms with Gasteiger partial charge in [-0.25, -0.2) is 4.79 Å². The highest BCUT2D eigenvalue weighted by atomic mass is 16.1. The van der Waals surface area contributed by atoms with E-state index in [9.17, 15) is 4.79 Å². The van der Waals surface area contributed by atoms with Crippen molar-refractivity contribution >= 4 is 17.1 Å². The van der Waals surface area contributed by atoms with Crippen molar-refractivity contribution in [1.29, 1.82) is 0 Å². The van der Waals surface area contributed by atoms with Gasteiger partial charge in [0.1, 0.15) is 5.52 Å². The summed E-state index contributed by atoms with van der Waals surface area (Å²) in [6.07, 6.45) is 1.51. The van der Waals surface area contributed by atoms with Gasteiger partial charge in [-0.05, 0) is 0 Å². The lowest BCUT2D eigenvalue weighted by Crippen LogP contribution is -2.44. The van der Waals surface area contributed by atoms with E-state index in [2.05, 4.69) is 30.2 Å². The summed E-state index contributed by atoms with van der Waals surface area (Å²) >= 11 is 0. The van der Waals surface area contributed by atoms with E-state index in [0.717, 1.165) is 37.6 Å². The lowest BCUT2D eigenvalue weighted by molar-refractivity contribution is 0.582. The fourth-order valence-corrected chi connectivity index (χ4v) is 1.85. The van der Waals surface area contributed by atoms with Gasteiger partial charge in [-0.3, -0.25) is 4.98 Å². The zero-order valence-corrected chi connectivity index (χ0v) is 8.66. The smallest absolute Gasteiger partial charge is 0.340 e. The van der Waals surface area contributed by atoms with Crippen LogP contribution in [0.4, 0.5) is 5.95 Å². The lowest BCUT2D eigenvalue weighted by atomic mass is 10.4. The highest BCUT2D eigenvalue weighted by molar-refractivity contribution is 5.72. The summed E-state index contributed by atoms with van der Waals surface area (Å²) < 4.78 is 0. The number of anilines is 1. The van der Waals surface area contributed by atoms with Crippen molar-refractivity contribution < 1.29 is 0 Å². The molecule has 0 bridgehead atoms. The summed E-state index contributed by atoms with van der Waals surface area (Å²) in [4.78, 5) is 26.9. The Bertz CT molecular complexity index is 552. The van der Waals surface area contributed by atoms with Gasteiger partial charge >= 0.3 is 5.69 Å². The first-order valence-electron chi connectivity index (χ1n) is 5.23. The zero-order chi connectivity index (χ0) is 11.0. The van der Waals surface area contributed by atoms with Gasteiger partial charge in [-0.1, -0.05) is 0 Å². The van der Waals surface area contributed by atoms with Crippen LogP contribution in [0.1, 0.15) is 0 Å². The van der Waals surface area contributed by atoms with Crippen LogP contribution in [0.15, 0.2) is 11.0 Å². The van der Waals surface area contributed by atoms with Crippen LogP contribution in [0.3, 0.4) is 0 Å². The maximum absolute atomic E-state index is 11.0. The van der Waals surface area contributed by atoms with Crippen LogP contribution in [-0.2, 0) is 0 Å². The van der Waals surface area contributed by atoms with Crippen molar-refractivity contribution in [2.75, 3.05) is 31.1 Å². The van der Waals surface area contributed by atoms with Crippen LogP contribution in [0, 0.1) is 0 Å². The summed E-state index contributed by atoms with van der Waals surface area (Å²) in [5.41, 5.74) is 0.951. The molecule has 0 radical (unpaired) electrons. The second kappa shape index (κ2) is 3.60. The average Bonchev–Trinajstić information content (AvgIpc) is 2.73. The summed E-state index contributed by atoms with van der Waals surface area (Å²) in [7, 11) is 0. The lowest BCUT2D eigenvalue weighted by Gasteiger charge is -2.26. The van der Waals surface area contributed by atoms with Gasteiger partial charge in [-0.15, -0.1) is 0 Å². The van der Waals surface area contributed by atoms with E-state index in [1.165, 1.54) is 6.20 Å². The van der Waals surface area contributed by atoms with Crippen LogP contribution >= 0.6 is 0 Å². The number of imidazole rings is 1. The van der Waals surface area contributed by atoms with Gasteiger partial charge in [0.15, 0.2) is 5.65 Å². The van der Waals surface area contributed by atoms with Gasteiger partial charge in [-0.2, -0.15) is 9.97 Å². The number of H-pyrrole nitrogens is 2. The molecule has 3 rings (SSSR count). The van der Waals surface area contributed by atoms with E-state index in [0.29, 0.717) is 5.65 Å². The van der Waals surface area contributed by atoms with Crippen LogP contribution in [0.25, 0.3) is 11.2 Å². The number of hydrogen-bond donors (Lipinski definition) is 3. The Hall–Kier alpha value is -1.89. The molecule has 0 atom stereocenters. The van der Waals surface area contributed by atoms with E-state index in [-0.39, 0.29) is 5.69 Å².